The molecule has 0 amide bonds. The second kappa shape index (κ2) is 8.66. The Balaban J connectivity index is 1.67. The maximum Gasteiger partial charge on any atom is 0.158 e. The average molecular weight is 408 g/mol. The highest BCUT2D eigenvalue weighted by molar-refractivity contribution is 5.55. The predicted molar refractivity (Wildman–Crippen MR) is 124 cm³/mol. The van der Waals surface area contributed by atoms with E-state index in [1.807, 2.05) is 24.3 Å². The number of rotatable bonds is 5. The fourth-order valence-corrected chi connectivity index (χ4v) is 4.37. The highest BCUT2D eigenvalue weighted by atomic mass is 16.5. The van der Waals surface area contributed by atoms with Crippen molar-refractivity contribution in [2.45, 2.75) is 18.4 Å². The van der Waals surface area contributed by atoms with Crippen molar-refractivity contribution in [1.29, 1.82) is 0 Å². The third-order valence-corrected chi connectivity index (χ3v) is 5.84. The van der Waals surface area contributed by atoms with Gasteiger partial charge >= 0.3 is 0 Å². The molecule has 1 heterocycles. The smallest absolute Gasteiger partial charge is 0.158 e. The van der Waals surface area contributed by atoms with Crippen LogP contribution in [0.1, 0.15) is 35.1 Å². The molecule has 0 spiro atoms. The molecule has 0 unspecified atom stereocenters. The Morgan fingerprint density at radius 1 is 0.613 bits per heavy atom. The van der Waals surface area contributed by atoms with Crippen LogP contribution in [0.15, 0.2) is 115 Å². The van der Waals surface area contributed by atoms with Gasteiger partial charge in [0, 0.05) is 11.3 Å². The third kappa shape index (κ3) is 3.80. The highest BCUT2D eigenvalue weighted by Crippen LogP contribution is 2.52. The zero-order valence-corrected chi connectivity index (χ0v) is 17.5. The topological polar surface area (TPSA) is 21.7 Å². The summed E-state index contributed by atoms with van der Waals surface area (Å²) in [7, 11) is 1.69. The van der Waals surface area contributed by atoms with Crippen molar-refractivity contribution < 1.29 is 9.47 Å². The molecule has 0 aromatic heterocycles. The molecule has 1 aliphatic rings. The molecular formula is C28H25NO2. The molecule has 3 nitrogen and oxygen atoms in total. The summed E-state index contributed by atoms with van der Waals surface area (Å²) in [6.45, 7) is 0. The van der Waals surface area contributed by atoms with Crippen molar-refractivity contribution in [3.63, 3.8) is 0 Å². The Morgan fingerprint density at radius 3 is 1.68 bits per heavy atom. The van der Waals surface area contributed by atoms with Gasteiger partial charge in [0.05, 0.1) is 13.2 Å². The first kappa shape index (κ1) is 19.4. The molecule has 0 saturated carbocycles. The fraction of sp³-hybridized carbons (Fsp3) is 0.143. The van der Waals surface area contributed by atoms with Crippen LogP contribution in [0.5, 0.6) is 5.75 Å². The van der Waals surface area contributed by atoms with E-state index in [4.69, 9.17) is 9.47 Å². The molecule has 1 saturated heterocycles. The van der Waals surface area contributed by atoms with Crippen LogP contribution in [0.2, 0.25) is 0 Å². The van der Waals surface area contributed by atoms with E-state index >= 15 is 0 Å². The second-order valence-corrected chi connectivity index (χ2v) is 7.69. The number of anilines is 1. The molecule has 3 atom stereocenters. The number of hydrogen-bond donors (Lipinski definition) is 0. The molecule has 1 aliphatic heterocycles. The van der Waals surface area contributed by atoms with E-state index < -0.39 is 0 Å². The molecular weight excluding hydrogens is 382 g/mol. The van der Waals surface area contributed by atoms with E-state index in [-0.39, 0.29) is 18.4 Å². The van der Waals surface area contributed by atoms with Gasteiger partial charge in [-0.1, -0.05) is 91.0 Å². The minimum Gasteiger partial charge on any atom is -0.497 e. The van der Waals surface area contributed by atoms with Gasteiger partial charge in [0.25, 0.3) is 0 Å². The van der Waals surface area contributed by atoms with Gasteiger partial charge in [-0.3, -0.25) is 0 Å². The third-order valence-electron chi connectivity index (χ3n) is 5.84. The number of benzene rings is 4. The van der Waals surface area contributed by atoms with Crippen LogP contribution < -0.4 is 9.64 Å². The minimum absolute atomic E-state index is 0.0298. The molecule has 0 aliphatic carbocycles. The predicted octanol–water partition coefficient (Wildman–Crippen LogP) is 6.71. The monoisotopic (exact) mass is 407 g/mol. The molecule has 4 aromatic rings. The molecule has 154 valence electrons. The zero-order chi connectivity index (χ0) is 21.0. The summed E-state index contributed by atoms with van der Waals surface area (Å²) < 4.78 is 12.2. The Kier molecular flexibility index (Phi) is 5.42. The van der Waals surface area contributed by atoms with Crippen molar-refractivity contribution in [3.8, 4) is 5.75 Å². The molecule has 0 radical (unpaired) electrons. The summed E-state index contributed by atoms with van der Waals surface area (Å²) >= 11 is 0. The van der Waals surface area contributed by atoms with Gasteiger partial charge in [0.15, 0.2) is 6.23 Å². The molecule has 0 bridgehead atoms. The summed E-state index contributed by atoms with van der Waals surface area (Å²) in [5.41, 5.74) is 4.64. The van der Waals surface area contributed by atoms with Crippen LogP contribution in [-0.2, 0) is 4.74 Å². The number of methoxy groups -OCH3 is 1. The van der Waals surface area contributed by atoms with E-state index in [0.29, 0.717) is 0 Å². The van der Waals surface area contributed by atoms with Crippen molar-refractivity contribution in [2.75, 3.05) is 12.0 Å². The molecule has 5 rings (SSSR count). The van der Waals surface area contributed by atoms with Gasteiger partial charge in [-0.15, -0.1) is 0 Å². The normalized spacial score (nSPS) is 20.5. The zero-order valence-electron chi connectivity index (χ0n) is 17.5. The number of nitrogens with zero attached hydrogens (tertiary/aromatic N) is 1. The van der Waals surface area contributed by atoms with Gasteiger partial charge in [-0.05, 0) is 35.4 Å². The number of hydrogen-bond acceptors (Lipinski definition) is 3. The van der Waals surface area contributed by atoms with Gasteiger partial charge < -0.3 is 14.4 Å². The van der Waals surface area contributed by atoms with E-state index in [1.54, 1.807) is 7.11 Å². The summed E-state index contributed by atoms with van der Waals surface area (Å²) in [6, 6.07) is 39.9. The summed E-state index contributed by atoms with van der Waals surface area (Å²) in [4.78, 5) is 2.39. The van der Waals surface area contributed by atoms with Crippen molar-refractivity contribution in [2.24, 2.45) is 0 Å². The van der Waals surface area contributed by atoms with Crippen LogP contribution in [0.25, 0.3) is 0 Å². The molecule has 31 heavy (non-hydrogen) atoms. The van der Waals surface area contributed by atoms with Crippen LogP contribution in [0.3, 0.4) is 0 Å². The second-order valence-electron chi connectivity index (χ2n) is 7.69. The quantitative estimate of drug-likeness (QED) is 0.367. The Bertz CT molecular complexity index is 1100. The lowest BCUT2D eigenvalue weighted by Gasteiger charge is -2.32. The maximum absolute atomic E-state index is 6.82. The van der Waals surface area contributed by atoms with Gasteiger partial charge in [-0.2, -0.15) is 0 Å². The first-order valence-electron chi connectivity index (χ1n) is 10.6. The summed E-state index contributed by atoms with van der Waals surface area (Å²) in [5, 5.41) is 0. The molecule has 4 aromatic carbocycles. The Morgan fingerprint density at radius 2 is 1.13 bits per heavy atom. The first-order chi connectivity index (χ1) is 15.3. The van der Waals surface area contributed by atoms with Gasteiger partial charge in [0.2, 0.25) is 0 Å². The minimum atomic E-state index is -0.204. The van der Waals surface area contributed by atoms with Crippen molar-refractivity contribution in [3.05, 3.63) is 132 Å². The van der Waals surface area contributed by atoms with Crippen molar-refractivity contribution in [1.82, 2.24) is 0 Å². The fourth-order valence-electron chi connectivity index (χ4n) is 4.37. The van der Waals surface area contributed by atoms with Crippen LogP contribution >= 0.6 is 0 Å². The Hall–Kier alpha value is -3.56. The van der Waals surface area contributed by atoms with E-state index in [2.05, 4.69) is 95.9 Å². The lowest BCUT2D eigenvalue weighted by Crippen LogP contribution is -2.27. The highest BCUT2D eigenvalue weighted by Gasteiger charge is 2.44. The van der Waals surface area contributed by atoms with Gasteiger partial charge in [-0.25, -0.2) is 0 Å². The largest absolute Gasteiger partial charge is 0.497 e. The molecule has 0 N–H and O–H groups in total. The number of ether oxygens (including phenoxy) is 2. The lowest BCUT2D eigenvalue weighted by molar-refractivity contribution is 0.0404. The molecule has 3 heteroatoms. The van der Waals surface area contributed by atoms with Crippen LogP contribution in [0.4, 0.5) is 5.69 Å². The van der Waals surface area contributed by atoms with E-state index in [0.717, 1.165) is 17.0 Å². The Labute approximate surface area is 183 Å². The molecule has 1 fully saturated rings. The van der Waals surface area contributed by atoms with Gasteiger partial charge in [0.1, 0.15) is 11.9 Å². The summed E-state index contributed by atoms with van der Waals surface area (Å²) in [6.07, 6.45) is -0.305. The summed E-state index contributed by atoms with van der Waals surface area (Å²) in [5.74, 6) is 0.844. The van der Waals surface area contributed by atoms with Crippen LogP contribution in [0, 0.1) is 0 Å². The average Bonchev–Trinajstić information content (AvgIpc) is 3.26. The first-order valence-corrected chi connectivity index (χ1v) is 10.6. The standard InChI is InChI=1S/C28H25NO2/c1-30-25-19-17-24(18-20-25)29-26(21-11-5-2-6-12-21)27(22-13-7-3-8-14-22)31-28(29)23-15-9-4-10-16-23/h2-20,26-28H,1H3/t26-,27-,28+/m1/s1. The van der Waals surface area contributed by atoms with Crippen molar-refractivity contribution >= 4 is 5.69 Å². The van der Waals surface area contributed by atoms with Crippen LogP contribution in [-0.4, -0.2) is 7.11 Å². The van der Waals surface area contributed by atoms with E-state index in [9.17, 15) is 0 Å². The van der Waals surface area contributed by atoms with E-state index in [1.165, 1.54) is 11.1 Å². The lowest BCUT2D eigenvalue weighted by atomic mass is 9.94. The maximum atomic E-state index is 6.82. The SMILES string of the molecule is COc1ccc(N2[C@H](c3ccccc3)[C@@H](c3ccccc3)O[C@H]2c2ccccc2)cc1.